The summed E-state index contributed by atoms with van der Waals surface area (Å²) in [5.74, 6) is 0.826. The molecule has 1 aliphatic carbocycles. The Morgan fingerprint density at radius 1 is 1.31 bits per heavy atom. The van der Waals surface area contributed by atoms with E-state index in [0.29, 0.717) is 0 Å². The third-order valence-corrected chi connectivity index (χ3v) is 3.32. The minimum Gasteiger partial charge on any atom is -0.372 e. The molecule has 2 rings (SSSR count). The van der Waals surface area contributed by atoms with E-state index >= 15 is 0 Å². The van der Waals surface area contributed by atoms with Crippen LogP contribution in [0.3, 0.4) is 0 Å². The van der Waals surface area contributed by atoms with Crippen LogP contribution < -0.4 is 5.32 Å². The van der Waals surface area contributed by atoms with Crippen molar-refractivity contribution in [3.05, 3.63) is 18.1 Å². The molecular weight excluding hydrogens is 200 g/mol. The Kier molecular flexibility index (Phi) is 3.72. The molecule has 1 aromatic heterocycles. The van der Waals surface area contributed by atoms with Crippen molar-refractivity contribution in [3.63, 3.8) is 0 Å². The molecule has 0 saturated heterocycles. The van der Waals surface area contributed by atoms with Crippen LogP contribution in [0, 0.1) is 0 Å². The first-order valence-electron chi connectivity index (χ1n) is 5.98. The predicted octanol–water partition coefficient (Wildman–Crippen LogP) is 1.89. The summed E-state index contributed by atoms with van der Waals surface area (Å²) in [7, 11) is 4.04. The molecule has 0 bridgehead atoms. The predicted molar refractivity (Wildman–Crippen MR) is 65.3 cm³/mol. The van der Waals surface area contributed by atoms with Gasteiger partial charge in [-0.05, 0) is 19.9 Å². The molecule has 1 aliphatic rings. The van der Waals surface area contributed by atoms with Gasteiger partial charge in [-0.25, -0.2) is 4.98 Å². The van der Waals surface area contributed by atoms with Crippen LogP contribution >= 0.6 is 0 Å². The van der Waals surface area contributed by atoms with Gasteiger partial charge in [0.1, 0.15) is 5.82 Å². The van der Waals surface area contributed by atoms with E-state index in [0.717, 1.165) is 24.1 Å². The summed E-state index contributed by atoms with van der Waals surface area (Å²) < 4.78 is 0. The molecular formula is C12H20N4. The Balaban J connectivity index is 1.92. The van der Waals surface area contributed by atoms with Gasteiger partial charge in [-0.3, -0.25) is 9.88 Å². The Bertz CT molecular complexity index is 316. The zero-order valence-electron chi connectivity index (χ0n) is 10.1. The van der Waals surface area contributed by atoms with Crippen molar-refractivity contribution in [1.29, 1.82) is 0 Å². The third kappa shape index (κ3) is 2.70. The van der Waals surface area contributed by atoms with E-state index in [1.807, 2.05) is 13.2 Å². The minimum atomic E-state index is 0.741. The summed E-state index contributed by atoms with van der Waals surface area (Å²) in [5, 5.41) is 2.98. The van der Waals surface area contributed by atoms with Gasteiger partial charge in [-0.15, -0.1) is 0 Å². The van der Waals surface area contributed by atoms with Gasteiger partial charge >= 0.3 is 0 Å². The monoisotopic (exact) mass is 220 g/mol. The van der Waals surface area contributed by atoms with Gasteiger partial charge in [-0.1, -0.05) is 12.8 Å². The second-order valence-electron chi connectivity index (χ2n) is 4.50. The second kappa shape index (κ2) is 5.25. The van der Waals surface area contributed by atoms with Crippen molar-refractivity contribution in [1.82, 2.24) is 14.9 Å². The Labute approximate surface area is 97.1 Å². The number of nitrogens with one attached hydrogen (secondary N) is 1. The van der Waals surface area contributed by atoms with Crippen LogP contribution in [-0.4, -0.2) is 35.0 Å². The Morgan fingerprint density at radius 2 is 2.06 bits per heavy atom. The maximum atomic E-state index is 4.39. The van der Waals surface area contributed by atoms with E-state index in [1.54, 1.807) is 6.20 Å². The van der Waals surface area contributed by atoms with Crippen LogP contribution in [0.1, 0.15) is 31.4 Å². The molecule has 1 N–H and O–H groups in total. The molecule has 4 nitrogen and oxygen atoms in total. The average molecular weight is 220 g/mol. The molecule has 1 fully saturated rings. The van der Waals surface area contributed by atoms with E-state index in [9.17, 15) is 0 Å². The molecule has 0 aliphatic heterocycles. The smallest absolute Gasteiger partial charge is 0.144 e. The molecule has 16 heavy (non-hydrogen) atoms. The third-order valence-electron chi connectivity index (χ3n) is 3.32. The SMILES string of the molecule is CNc1cnc(CN(C)C2CCCC2)cn1. The van der Waals surface area contributed by atoms with E-state index in [1.165, 1.54) is 25.7 Å². The number of aromatic nitrogens is 2. The summed E-state index contributed by atoms with van der Waals surface area (Å²) in [6, 6.07) is 0.741. The molecule has 0 unspecified atom stereocenters. The highest BCUT2D eigenvalue weighted by atomic mass is 15.1. The number of hydrogen-bond acceptors (Lipinski definition) is 4. The largest absolute Gasteiger partial charge is 0.372 e. The van der Waals surface area contributed by atoms with E-state index < -0.39 is 0 Å². The quantitative estimate of drug-likeness (QED) is 0.841. The molecule has 0 spiro atoms. The lowest BCUT2D eigenvalue weighted by molar-refractivity contribution is 0.234. The zero-order valence-corrected chi connectivity index (χ0v) is 10.1. The molecule has 0 aromatic carbocycles. The van der Waals surface area contributed by atoms with Crippen molar-refractivity contribution in [2.24, 2.45) is 0 Å². The summed E-state index contributed by atoms with van der Waals surface area (Å²) in [4.78, 5) is 11.1. The van der Waals surface area contributed by atoms with E-state index in [2.05, 4.69) is 27.2 Å². The zero-order chi connectivity index (χ0) is 11.4. The fraction of sp³-hybridized carbons (Fsp3) is 0.667. The van der Waals surface area contributed by atoms with Crippen molar-refractivity contribution >= 4 is 5.82 Å². The van der Waals surface area contributed by atoms with Gasteiger partial charge in [0.25, 0.3) is 0 Å². The lowest BCUT2D eigenvalue weighted by Gasteiger charge is -2.23. The van der Waals surface area contributed by atoms with Crippen molar-refractivity contribution in [3.8, 4) is 0 Å². The first-order chi connectivity index (χ1) is 7.79. The fourth-order valence-electron chi connectivity index (χ4n) is 2.30. The average Bonchev–Trinajstić information content (AvgIpc) is 2.83. The van der Waals surface area contributed by atoms with Gasteiger partial charge in [0, 0.05) is 19.6 Å². The Morgan fingerprint density at radius 3 is 2.62 bits per heavy atom. The first-order valence-corrected chi connectivity index (χ1v) is 5.98. The second-order valence-corrected chi connectivity index (χ2v) is 4.50. The van der Waals surface area contributed by atoms with E-state index in [-0.39, 0.29) is 0 Å². The highest BCUT2D eigenvalue weighted by Gasteiger charge is 2.19. The van der Waals surface area contributed by atoms with Crippen LogP contribution in [0.5, 0.6) is 0 Å². The highest BCUT2D eigenvalue weighted by Crippen LogP contribution is 2.23. The fourth-order valence-corrected chi connectivity index (χ4v) is 2.30. The van der Waals surface area contributed by atoms with Gasteiger partial charge in [0.2, 0.25) is 0 Å². The van der Waals surface area contributed by atoms with Crippen LogP contribution in [0.2, 0.25) is 0 Å². The minimum absolute atomic E-state index is 0.741. The summed E-state index contributed by atoms with van der Waals surface area (Å²) in [5.41, 5.74) is 1.05. The molecule has 1 saturated carbocycles. The van der Waals surface area contributed by atoms with Gasteiger partial charge in [0.15, 0.2) is 0 Å². The summed E-state index contributed by atoms with van der Waals surface area (Å²) in [6.07, 6.45) is 9.06. The standard InChI is InChI=1S/C12H20N4/c1-13-12-8-14-10(7-15-12)9-16(2)11-5-3-4-6-11/h7-8,11H,3-6,9H2,1-2H3,(H,13,15). The van der Waals surface area contributed by atoms with Crippen molar-refractivity contribution < 1.29 is 0 Å². The molecule has 1 heterocycles. The summed E-state index contributed by atoms with van der Waals surface area (Å²) >= 11 is 0. The Hall–Kier alpha value is -1.16. The lowest BCUT2D eigenvalue weighted by atomic mass is 10.2. The maximum absolute atomic E-state index is 4.39. The molecule has 0 atom stereocenters. The molecule has 0 amide bonds. The normalized spacial score (nSPS) is 16.9. The highest BCUT2D eigenvalue weighted by molar-refractivity contribution is 5.29. The maximum Gasteiger partial charge on any atom is 0.144 e. The van der Waals surface area contributed by atoms with Crippen LogP contribution in [0.4, 0.5) is 5.82 Å². The van der Waals surface area contributed by atoms with Gasteiger partial charge in [-0.2, -0.15) is 0 Å². The van der Waals surface area contributed by atoms with Crippen LogP contribution in [-0.2, 0) is 6.54 Å². The van der Waals surface area contributed by atoms with Crippen LogP contribution in [0.25, 0.3) is 0 Å². The number of hydrogen-bond donors (Lipinski definition) is 1. The molecule has 1 aromatic rings. The van der Waals surface area contributed by atoms with Gasteiger partial charge in [0.05, 0.1) is 18.1 Å². The van der Waals surface area contributed by atoms with E-state index in [4.69, 9.17) is 0 Å². The van der Waals surface area contributed by atoms with Crippen LogP contribution in [0.15, 0.2) is 12.4 Å². The van der Waals surface area contributed by atoms with Gasteiger partial charge < -0.3 is 5.32 Å². The molecule has 88 valence electrons. The number of rotatable bonds is 4. The molecule has 0 radical (unpaired) electrons. The number of anilines is 1. The first kappa shape index (κ1) is 11.3. The van der Waals surface area contributed by atoms with Crippen molar-refractivity contribution in [2.45, 2.75) is 38.3 Å². The number of nitrogens with zero attached hydrogens (tertiary/aromatic N) is 3. The topological polar surface area (TPSA) is 41.1 Å². The lowest BCUT2D eigenvalue weighted by Crippen LogP contribution is -2.28. The molecule has 4 heteroatoms. The summed E-state index contributed by atoms with van der Waals surface area (Å²) in [6.45, 7) is 0.904. The van der Waals surface area contributed by atoms with Crippen molar-refractivity contribution in [2.75, 3.05) is 19.4 Å².